The highest BCUT2D eigenvalue weighted by molar-refractivity contribution is 7.09. The fourth-order valence-corrected chi connectivity index (χ4v) is 3.90. The van der Waals surface area contributed by atoms with Crippen LogP contribution in [0.4, 0.5) is 0 Å². The number of thiazole rings is 1. The Morgan fingerprint density at radius 3 is 2.36 bits per heavy atom. The van der Waals surface area contributed by atoms with Crippen molar-refractivity contribution in [3.8, 4) is 22.6 Å². The highest BCUT2D eigenvalue weighted by Crippen LogP contribution is 2.28. The smallest absolute Gasteiger partial charge is 0.226 e. The quantitative estimate of drug-likeness (QED) is 0.408. The fourth-order valence-electron chi connectivity index (χ4n) is 3.14. The van der Waals surface area contributed by atoms with Crippen LogP contribution in [0.15, 0.2) is 70.6 Å². The lowest BCUT2D eigenvalue weighted by Gasteiger charge is -2.21. The Bertz CT molecular complexity index is 1020. The van der Waals surface area contributed by atoms with E-state index >= 15 is 0 Å². The zero-order chi connectivity index (χ0) is 19.5. The second-order valence-electron chi connectivity index (χ2n) is 6.93. The van der Waals surface area contributed by atoms with E-state index in [9.17, 15) is 0 Å². The van der Waals surface area contributed by atoms with E-state index in [2.05, 4.69) is 72.4 Å². The van der Waals surface area contributed by atoms with Crippen LogP contribution < -0.4 is 0 Å². The topological polar surface area (TPSA) is 42.2 Å². The molecule has 0 amide bonds. The zero-order valence-corrected chi connectivity index (χ0v) is 17.1. The Balaban J connectivity index is 1.51. The molecule has 0 saturated heterocycles. The van der Waals surface area contributed by atoms with Crippen molar-refractivity contribution in [1.82, 2.24) is 14.9 Å². The van der Waals surface area contributed by atoms with Crippen molar-refractivity contribution in [2.75, 3.05) is 7.05 Å². The third-order valence-electron chi connectivity index (χ3n) is 5.00. The molecule has 0 bridgehead atoms. The van der Waals surface area contributed by atoms with Gasteiger partial charge < -0.3 is 4.42 Å². The summed E-state index contributed by atoms with van der Waals surface area (Å²) in [6, 6.07) is 19.0. The van der Waals surface area contributed by atoms with Crippen molar-refractivity contribution in [2.45, 2.75) is 26.4 Å². The standard InChI is InChI=1S/C23H23N3OS/c1-16(23-24-13-14-28-23)26(3)15-21-17(2)27-22(25-21)20-11-9-19(10-12-20)18-7-5-4-6-8-18/h4-14,16H,15H2,1-3H3/t16-/m0/s1. The lowest BCUT2D eigenvalue weighted by Crippen LogP contribution is -2.22. The van der Waals surface area contributed by atoms with Gasteiger partial charge in [-0.15, -0.1) is 11.3 Å². The first kappa shape index (κ1) is 18.6. The van der Waals surface area contributed by atoms with Gasteiger partial charge in [-0.3, -0.25) is 4.90 Å². The van der Waals surface area contributed by atoms with E-state index in [0.717, 1.165) is 28.6 Å². The van der Waals surface area contributed by atoms with Gasteiger partial charge in [0.1, 0.15) is 10.8 Å². The minimum absolute atomic E-state index is 0.240. The van der Waals surface area contributed by atoms with Crippen LogP contribution in [-0.4, -0.2) is 21.9 Å². The van der Waals surface area contributed by atoms with Gasteiger partial charge in [-0.25, -0.2) is 9.97 Å². The Morgan fingerprint density at radius 1 is 1.00 bits per heavy atom. The molecule has 142 valence electrons. The van der Waals surface area contributed by atoms with E-state index in [4.69, 9.17) is 9.40 Å². The Labute approximate surface area is 169 Å². The van der Waals surface area contributed by atoms with Gasteiger partial charge in [0.05, 0.1) is 11.7 Å². The van der Waals surface area contributed by atoms with Crippen molar-refractivity contribution in [3.05, 3.63) is 82.6 Å². The van der Waals surface area contributed by atoms with Crippen LogP contribution >= 0.6 is 11.3 Å². The van der Waals surface area contributed by atoms with Crippen molar-refractivity contribution in [3.63, 3.8) is 0 Å². The first-order valence-corrected chi connectivity index (χ1v) is 10.2. The number of nitrogens with zero attached hydrogens (tertiary/aromatic N) is 3. The van der Waals surface area contributed by atoms with E-state index in [1.165, 1.54) is 11.1 Å². The second kappa shape index (κ2) is 8.09. The van der Waals surface area contributed by atoms with Gasteiger partial charge in [-0.05, 0) is 44.2 Å². The van der Waals surface area contributed by atoms with Crippen LogP contribution in [0.1, 0.15) is 29.4 Å². The SMILES string of the molecule is Cc1oc(-c2ccc(-c3ccccc3)cc2)nc1CN(C)[C@@H](C)c1nccs1. The molecule has 0 radical (unpaired) electrons. The molecular formula is C23H23N3OS. The van der Waals surface area contributed by atoms with Gasteiger partial charge in [0.25, 0.3) is 0 Å². The molecule has 2 heterocycles. The molecule has 1 atom stereocenters. The molecule has 28 heavy (non-hydrogen) atoms. The van der Waals surface area contributed by atoms with Crippen molar-refractivity contribution >= 4 is 11.3 Å². The molecule has 2 aromatic heterocycles. The van der Waals surface area contributed by atoms with Crippen LogP contribution in [0, 0.1) is 6.92 Å². The van der Waals surface area contributed by atoms with Gasteiger partial charge in [0.15, 0.2) is 0 Å². The predicted octanol–water partition coefficient (Wildman–Crippen LogP) is 5.97. The molecule has 2 aromatic carbocycles. The Morgan fingerprint density at radius 2 is 1.68 bits per heavy atom. The number of oxazole rings is 1. The van der Waals surface area contributed by atoms with Crippen molar-refractivity contribution in [2.24, 2.45) is 0 Å². The molecule has 0 saturated carbocycles. The molecule has 0 N–H and O–H groups in total. The summed E-state index contributed by atoms with van der Waals surface area (Å²) in [5.41, 5.74) is 4.35. The van der Waals surface area contributed by atoms with Crippen LogP contribution in [0.5, 0.6) is 0 Å². The fraction of sp³-hybridized carbons (Fsp3) is 0.217. The third kappa shape index (κ3) is 3.91. The zero-order valence-electron chi connectivity index (χ0n) is 16.3. The first-order chi connectivity index (χ1) is 13.6. The average molecular weight is 390 g/mol. The normalized spacial score (nSPS) is 12.4. The molecule has 0 spiro atoms. The Kier molecular flexibility index (Phi) is 5.37. The molecule has 0 aliphatic carbocycles. The molecule has 4 rings (SSSR count). The molecule has 5 heteroatoms. The summed E-state index contributed by atoms with van der Waals surface area (Å²) < 4.78 is 5.97. The summed E-state index contributed by atoms with van der Waals surface area (Å²) in [6.07, 6.45) is 1.85. The summed E-state index contributed by atoms with van der Waals surface area (Å²) in [4.78, 5) is 11.4. The first-order valence-electron chi connectivity index (χ1n) is 9.33. The number of hydrogen-bond acceptors (Lipinski definition) is 5. The minimum Gasteiger partial charge on any atom is -0.441 e. The lowest BCUT2D eigenvalue weighted by atomic mass is 10.0. The van der Waals surface area contributed by atoms with Crippen molar-refractivity contribution < 1.29 is 4.42 Å². The highest BCUT2D eigenvalue weighted by atomic mass is 32.1. The third-order valence-corrected chi connectivity index (χ3v) is 5.95. The molecule has 4 nitrogen and oxygen atoms in total. The summed E-state index contributed by atoms with van der Waals surface area (Å²) in [6.45, 7) is 4.86. The number of benzene rings is 2. The van der Waals surface area contributed by atoms with Crippen LogP contribution in [-0.2, 0) is 6.54 Å². The van der Waals surface area contributed by atoms with Crippen LogP contribution in [0.3, 0.4) is 0 Å². The monoisotopic (exact) mass is 389 g/mol. The van der Waals surface area contributed by atoms with Crippen LogP contribution in [0.2, 0.25) is 0 Å². The molecular weight excluding hydrogens is 366 g/mol. The maximum Gasteiger partial charge on any atom is 0.226 e. The number of aryl methyl sites for hydroxylation is 1. The van der Waals surface area contributed by atoms with Gasteiger partial charge >= 0.3 is 0 Å². The van der Waals surface area contributed by atoms with E-state index in [1.54, 1.807) is 11.3 Å². The number of aromatic nitrogens is 2. The lowest BCUT2D eigenvalue weighted by molar-refractivity contribution is 0.248. The maximum atomic E-state index is 5.97. The van der Waals surface area contributed by atoms with E-state index in [-0.39, 0.29) is 6.04 Å². The summed E-state index contributed by atoms with van der Waals surface area (Å²) in [5.74, 6) is 1.53. The van der Waals surface area contributed by atoms with Gasteiger partial charge in [0, 0.05) is 23.7 Å². The minimum atomic E-state index is 0.240. The van der Waals surface area contributed by atoms with Crippen molar-refractivity contribution in [1.29, 1.82) is 0 Å². The van der Waals surface area contributed by atoms with Gasteiger partial charge in [0.2, 0.25) is 5.89 Å². The predicted molar refractivity (Wildman–Crippen MR) is 114 cm³/mol. The van der Waals surface area contributed by atoms with Gasteiger partial charge in [-0.1, -0.05) is 42.5 Å². The summed E-state index contributed by atoms with van der Waals surface area (Å²) >= 11 is 1.68. The van der Waals surface area contributed by atoms with Crippen LogP contribution in [0.25, 0.3) is 22.6 Å². The summed E-state index contributed by atoms with van der Waals surface area (Å²) in [5, 5.41) is 3.12. The van der Waals surface area contributed by atoms with E-state index < -0.39 is 0 Å². The second-order valence-corrected chi connectivity index (χ2v) is 7.85. The van der Waals surface area contributed by atoms with Gasteiger partial charge in [-0.2, -0.15) is 0 Å². The molecule has 4 aromatic rings. The Hall–Kier alpha value is -2.76. The largest absolute Gasteiger partial charge is 0.441 e. The number of rotatable bonds is 6. The summed E-state index contributed by atoms with van der Waals surface area (Å²) in [7, 11) is 2.09. The molecule has 0 aliphatic heterocycles. The molecule has 0 fully saturated rings. The maximum absolute atomic E-state index is 5.97. The molecule has 0 unspecified atom stereocenters. The van der Waals surface area contributed by atoms with E-state index in [0.29, 0.717) is 5.89 Å². The number of hydrogen-bond donors (Lipinski definition) is 0. The highest BCUT2D eigenvalue weighted by Gasteiger charge is 2.18. The van der Waals surface area contributed by atoms with E-state index in [1.807, 2.05) is 24.6 Å². The molecule has 0 aliphatic rings. The average Bonchev–Trinajstić information content (AvgIpc) is 3.39.